The molecule has 0 aliphatic heterocycles. The number of anilines is 1. The highest BCUT2D eigenvalue weighted by atomic mass is 16.3. The average molecular weight is 236 g/mol. The largest absolute Gasteiger partial charge is 0.395 e. The fourth-order valence-corrected chi connectivity index (χ4v) is 1.41. The summed E-state index contributed by atoms with van der Waals surface area (Å²) < 4.78 is 0. The Kier molecular flexibility index (Phi) is 4.66. The molecule has 0 aliphatic carbocycles. The molecule has 2 N–H and O–H groups in total. The van der Waals surface area contributed by atoms with Gasteiger partial charge in [-0.05, 0) is 18.2 Å². The molecule has 2 amide bonds. The number of aliphatic hydroxyl groups is 1. The van der Waals surface area contributed by atoms with Gasteiger partial charge >= 0.3 is 0 Å². The normalized spacial score (nSPS) is 9.82. The zero-order valence-electron chi connectivity index (χ0n) is 9.93. The summed E-state index contributed by atoms with van der Waals surface area (Å²) in [4.78, 5) is 24.2. The molecule has 1 aromatic carbocycles. The number of aliphatic hydroxyl groups excluding tert-OH is 1. The Labute approximate surface area is 100 Å². The number of nitrogens with zero attached hydrogens (tertiary/aromatic N) is 1. The van der Waals surface area contributed by atoms with Crippen LogP contribution in [0.15, 0.2) is 24.3 Å². The number of carbonyl (C=O) groups excluding carboxylic acids is 2. The molecule has 92 valence electrons. The van der Waals surface area contributed by atoms with Crippen LogP contribution in [0.3, 0.4) is 0 Å². The first kappa shape index (κ1) is 13.2. The zero-order chi connectivity index (χ0) is 12.8. The Morgan fingerprint density at radius 3 is 2.71 bits per heavy atom. The third kappa shape index (κ3) is 3.88. The van der Waals surface area contributed by atoms with E-state index in [0.717, 1.165) is 0 Å². The van der Waals surface area contributed by atoms with Gasteiger partial charge in [-0.1, -0.05) is 6.07 Å². The van der Waals surface area contributed by atoms with Gasteiger partial charge in [0.1, 0.15) is 0 Å². The lowest BCUT2D eigenvalue weighted by Crippen LogP contribution is -2.29. The first-order valence-electron chi connectivity index (χ1n) is 5.28. The molecular weight excluding hydrogens is 220 g/mol. The van der Waals surface area contributed by atoms with Gasteiger partial charge in [-0.3, -0.25) is 9.59 Å². The molecule has 0 heterocycles. The van der Waals surface area contributed by atoms with E-state index in [2.05, 4.69) is 5.32 Å². The van der Waals surface area contributed by atoms with E-state index in [9.17, 15) is 9.59 Å². The van der Waals surface area contributed by atoms with Crippen molar-refractivity contribution in [2.45, 2.75) is 6.92 Å². The second-order valence-electron chi connectivity index (χ2n) is 3.71. The summed E-state index contributed by atoms with van der Waals surface area (Å²) in [6.45, 7) is 1.61. The molecule has 0 aromatic heterocycles. The maximum absolute atomic E-state index is 11.9. The highest BCUT2D eigenvalue weighted by molar-refractivity contribution is 5.96. The van der Waals surface area contributed by atoms with Crippen LogP contribution in [-0.2, 0) is 4.79 Å². The molecule has 1 rings (SSSR count). The number of amides is 2. The predicted molar refractivity (Wildman–Crippen MR) is 64.8 cm³/mol. The van der Waals surface area contributed by atoms with E-state index in [4.69, 9.17) is 5.11 Å². The van der Waals surface area contributed by atoms with Crippen molar-refractivity contribution >= 4 is 17.5 Å². The highest BCUT2D eigenvalue weighted by Gasteiger charge is 2.11. The summed E-state index contributed by atoms with van der Waals surface area (Å²) in [6, 6.07) is 6.69. The molecule has 17 heavy (non-hydrogen) atoms. The minimum atomic E-state index is -0.189. The lowest BCUT2D eigenvalue weighted by Gasteiger charge is -2.16. The monoisotopic (exact) mass is 236 g/mol. The maximum atomic E-state index is 11.9. The molecule has 0 saturated carbocycles. The Bertz CT molecular complexity index is 418. The van der Waals surface area contributed by atoms with E-state index in [1.807, 2.05) is 0 Å². The Morgan fingerprint density at radius 1 is 1.41 bits per heavy atom. The smallest absolute Gasteiger partial charge is 0.253 e. The number of nitrogens with one attached hydrogen (secondary N) is 1. The molecule has 0 saturated heterocycles. The van der Waals surface area contributed by atoms with Crippen molar-refractivity contribution in [1.82, 2.24) is 4.90 Å². The number of likely N-dealkylation sites (N-methyl/N-ethyl adjacent to an activating group) is 1. The van der Waals surface area contributed by atoms with Gasteiger partial charge in [0, 0.05) is 31.8 Å². The Hall–Kier alpha value is -1.88. The fraction of sp³-hybridized carbons (Fsp3) is 0.333. The average Bonchev–Trinajstić information content (AvgIpc) is 2.28. The van der Waals surface area contributed by atoms with Crippen LogP contribution in [0, 0.1) is 0 Å². The molecule has 0 aliphatic rings. The standard InChI is InChI=1S/C12H16N2O3/c1-9(16)13-11-5-3-4-10(8-11)12(17)14(2)6-7-15/h3-5,8,15H,6-7H2,1-2H3,(H,13,16). The molecular formula is C12H16N2O3. The van der Waals surface area contributed by atoms with E-state index in [-0.39, 0.29) is 25.0 Å². The topological polar surface area (TPSA) is 69.6 Å². The molecule has 1 aromatic rings. The van der Waals surface area contributed by atoms with Crippen LogP contribution in [0.4, 0.5) is 5.69 Å². The molecule has 0 spiro atoms. The lowest BCUT2D eigenvalue weighted by atomic mass is 10.1. The molecule has 0 unspecified atom stereocenters. The van der Waals surface area contributed by atoms with Crippen LogP contribution in [0.5, 0.6) is 0 Å². The first-order valence-corrected chi connectivity index (χ1v) is 5.28. The van der Waals surface area contributed by atoms with Crippen LogP contribution >= 0.6 is 0 Å². The third-order valence-corrected chi connectivity index (χ3v) is 2.21. The van der Waals surface area contributed by atoms with Gasteiger partial charge in [0.25, 0.3) is 5.91 Å². The molecule has 5 heteroatoms. The van der Waals surface area contributed by atoms with Crippen LogP contribution < -0.4 is 5.32 Å². The summed E-state index contributed by atoms with van der Waals surface area (Å²) in [5.74, 6) is -0.371. The molecule has 0 radical (unpaired) electrons. The van der Waals surface area contributed by atoms with Crippen LogP contribution in [0.25, 0.3) is 0 Å². The van der Waals surface area contributed by atoms with Crippen molar-refractivity contribution in [3.05, 3.63) is 29.8 Å². The van der Waals surface area contributed by atoms with Gasteiger partial charge in [-0.2, -0.15) is 0 Å². The minimum absolute atomic E-state index is 0.0758. The molecule has 0 bridgehead atoms. The zero-order valence-corrected chi connectivity index (χ0v) is 9.93. The number of hydrogen-bond acceptors (Lipinski definition) is 3. The van der Waals surface area contributed by atoms with Gasteiger partial charge in [0.2, 0.25) is 5.91 Å². The number of benzene rings is 1. The Balaban J connectivity index is 2.83. The van der Waals surface area contributed by atoms with E-state index in [1.165, 1.54) is 11.8 Å². The minimum Gasteiger partial charge on any atom is -0.395 e. The van der Waals surface area contributed by atoms with E-state index < -0.39 is 0 Å². The summed E-state index contributed by atoms with van der Waals surface area (Å²) in [6.07, 6.45) is 0. The molecule has 0 atom stereocenters. The fourth-order valence-electron chi connectivity index (χ4n) is 1.41. The molecule has 0 fully saturated rings. The van der Waals surface area contributed by atoms with Gasteiger partial charge in [0.15, 0.2) is 0 Å². The van der Waals surface area contributed by atoms with Crippen molar-refractivity contribution in [1.29, 1.82) is 0 Å². The summed E-state index contributed by atoms with van der Waals surface area (Å²) in [7, 11) is 1.61. The van der Waals surface area contributed by atoms with Crippen molar-refractivity contribution in [3.63, 3.8) is 0 Å². The number of hydrogen-bond donors (Lipinski definition) is 2. The Morgan fingerprint density at radius 2 is 2.12 bits per heavy atom. The van der Waals surface area contributed by atoms with Crippen LogP contribution in [-0.4, -0.2) is 42.0 Å². The van der Waals surface area contributed by atoms with Gasteiger partial charge in [-0.15, -0.1) is 0 Å². The van der Waals surface area contributed by atoms with Crippen LogP contribution in [0.1, 0.15) is 17.3 Å². The molecule has 5 nitrogen and oxygen atoms in total. The predicted octanol–water partition coefficient (Wildman–Crippen LogP) is 0.709. The quantitative estimate of drug-likeness (QED) is 0.809. The lowest BCUT2D eigenvalue weighted by molar-refractivity contribution is -0.114. The summed E-state index contributed by atoms with van der Waals surface area (Å²) in [5.41, 5.74) is 1.06. The maximum Gasteiger partial charge on any atom is 0.253 e. The SMILES string of the molecule is CC(=O)Nc1cccc(C(=O)N(C)CCO)c1. The van der Waals surface area contributed by atoms with E-state index >= 15 is 0 Å². The van der Waals surface area contributed by atoms with Gasteiger partial charge in [0.05, 0.1) is 6.61 Å². The van der Waals surface area contributed by atoms with Crippen molar-refractivity contribution in [3.8, 4) is 0 Å². The van der Waals surface area contributed by atoms with Gasteiger partial charge < -0.3 is 15.3 Å². The number of rotatable bonds is 4. The van der Waals surface area contributed by atoms with Gasteiger partial charge in [-0.25, -0.2) is 0 Å². The van der Waals surface area contributed by atoms with E-state index in [1.54, 1.807) is 31.3 Å². The van der Waals surface area contributed by atoms with Crippen LogP contribution in [0.2, 0.25) is 0 Å². The second kappa shape index (κ2) is 6.00. The first-order chi connectivity index (χ1) is 8.04. The number of carbonyl (C=O) groups is 2. The van der Waals surface area contributed by atoms with Crippen molar-refractivity contribution in [2.24, 2.45) is 0 Å². The van der Waals surface area contributed by atoms with E-state index in [0.29, 0.717) is 11.3 Å². The highest BCUT2D eigenvalue weighted by Crippen LogP contribution is 2.12. The summed E-state index contributed by atoms with van der Waals surface area (Å²) in [5, 5.41) is 11.4. The summed E-state index contributed by atoms with van der Waals surface area (Å²) >= 11 is 0. The van der Waals surface area contributed by atoms with Crippen molar-refractivity contribution in [2.75, 3.05) is 25.5 Å². The van der Waals surface area contributed by atoms with Crippen molar-refractivity contribution < 1.29 is 14.7 Å². The second-order valence-corrected chi connectivity index (χ2v) is 3.71. The third-order valence-electron chi connectivity index (χ3n) is 2.21.